The molecule has 0 saturated carbocycles. The summed E-state index contributed by atoms with van der Waals surface area (Å²) in [5.74, 6) is -4.34. The first-order chi connectivity index (χ1) is 9.76. The van der Waals surface area contributed by atoms with Crippen molar-refractivity contribution in [1.82, 2.24) is 5.32 Å². The molecule has 9 heteroatoms. The van der Waals surface area contributed by atoms with Gasteiger partial charge < -0.3 is 11.1 Å². The van der Waals surface area contributed by atoms with Crippen LogP contribution in [0.5, 0.6) is 0 Å². The van der Waals surface area contributed by atoms with Gasteiger partial charge in [-0.05, 0) is 30.2 Å². The van der Waals surface area contributed by atoms with Crippen molar-refractivity contribution < 1.29 is 22.0 Å². The Hall–Kier alpha value is -1.25. The summed E-state index contributed by atoms with van der Waals surface area (Å²) >= 11 is 0. The van der Waals surface area contributed by atoms with Crippen LogP contribution in [0, 0.1) is 5.92 Å². The van der Waals surface area contributed by atoms with E-state index in [9.17, 15) is 22.0 Å². The Labute approximate surface area is 134 Å². The van der Waals surface area contributed by atoms with Gasteiger partial charge in [0.1, 0.15) is 0 Å². The Kier molecular flexibility index (Phi) is 8.50. The van der Waals surface area contributed by atoms with Gasteiger partial charge in [-0.2, -0.15) is 8.78 Å². The number of hydrogen-bond donors (Lipinski definition) is 2. The van der Waals surface area contributed by atoms with Crippen molar-refractivity contribution >= 4 is 28.2 Å². The fourth-order valence-electron chi connectivity index (χ4n) is 1.50. The highest BCUT2D eigenvalue weighted by atomic mass is 35.5. The number of carbonyl (C=O) groups is 1. The zero-order valence-corrected chi connectivity index (χ0v) is 13.6. The van der Waals surface area contributed by atoms with Gasteiger partial charge in [-0.15, -0.1) is 12.4 Å². The fourth-order valence-corrected chi connectivity index (χ4v) is 2.28. The number of carbonyl (C=O) groups excluding carboxylic acids is 1. The van der Waals surface area contributed by atoms with E-state index in [1.54, 1.807) is 0 Å². The molecule has 1 rings (SSSR count). The Morgan fingerprint density at radius 2 is 1.82 bits per heavy atom. The molecule has 1 atom stereocenters. The van der Waals surface area contributed by atoms with Crippen molar-refractivity contribution in [3.05, 3.63) is 35.4 Å². The Morgan fingerprint density at radius 3 is 2.27 bits per heavy atom. The third-order valence-corrected chi connectivity index (χ3v) is 4.15. The molecule has 1 unspecified atom stereocenters. The van der Waals surface area contributed by atoms with Crippen LogP contribution in [0.2, 0.25) is 0 Å². The third-order valence-electron chi connectivity index (χ3n) is 2.87. The second kappa shape index (κ2) is 9.02. The van der Waals surface area contributed by atoms with E-state index in [4.69, 9.17) is 5.73 Å². The normalized spacial score (nSPS) is 12.6. The maximum atomic E-state index is 12.3. The Morgan fingerprint density at radius 1 is 1.27 bits per heavy atom. The number of benzene rings is 1. The van der Waals surface area contributed by atoms with Gasteiger partial charge in [-0.25, -0.2) is 8.42 Å². The van der Waals surface area contributed by atoms with Crippen LogP contribution in [0.4, 0.5) is 8.78 Å². The lowest BCUT2D eigenvalue weighted by atomic mass is 10.1. The SMILES string of the molecule is CC(CN)CNC(=O)c1ccc(CS(=O)(=O)C(F)F)cc1.Cl. The molecule has 0 aliphatic carbocycles. The number of sulfone groups is 1. The molecule has 0 aliphatic rings. The van der Waals surface area contributed by atoms with Crippen molar-refractivity contribution in [3.63, 3.8) is 0 Å². The standard InChI is InChI=1S/C13H18F2N2O3S.ClH/c1-9(6-16)7-17-12(18)11-4-2-10(3-5-11)8-21(19,20)13(14)15;/h2-5,9,13H,6-8,16H2,1H3,(H,17,18);1H. The first kappa shape index (κ1) is 20.8. The van der Waals surface area contributed by atoms with E-state index in [2.05, 4.69) is 5.32 Å². The second-order valence-electron chi connectivity index (χ2n) is 4.82. The monoisotopic (exact) mass is 356 g/mol. The maximum absolute atomic E-state index is 12.3. The van der Waals surface area contributed by atoms with Gasteiger partial charge in [-0.3, -0.25) is 4.79 Å². The average Bonchev–Trinajstić information content (AvgIpc) is 2.44. The zero-order valence-electron chi connectivity index (χ0n) is 12.0. The molecule has 1 aromatic rings. The molecular weight excluding hydrogens is 338 g/mol. The predicted molar refractivity (Wildman–Crippen MR) is 82.9 cm³/mol. The van der Waals surface area contributed by atoms with Crippen LogP contribution in [-0.4, -0.2) is 33.2 Å². The number of alkyl halides is 2. The molecule has 22 heavy (non-hydrogen) atoms. The fraction of sp³-hybridized carbons (Fsp3) is 0.462. The first-order valence-electron chi connectivity index (χ1n) is 6.33. The molecule has 0 saturated heterocycles. The highest BCUT2D eigenvalue weighted by Gasteiger charge is 2.24. The number of hydrogen-bond acceptors (Lipinski definition) is 4. The van der Waals surface area contributed by atoms with E-state index in [0.29, 0.717) is 18.7 Å². The molecule has 1 amide bonds. The van der Waals surface area contributed by atoms with Gasteiger partial charge in [-0.1, -0.05) is 19.1 Å². The Balaban J connectivity index is 0.00000441. The number of nitrogens with two attached hydrogens (primary N) is 1. The average molecular weight is 357 g/mol. The lowest BCUT2D eigenvalue weighted by Gasteiger charge is -2.10. The molecule has 0 spiro atoms. The number of halogens is 3. The predicted octanol–water partition coefficient (Wildman–Crippen LogP) is 1.57. The van der Waals surface area contributed by atoms with E-state index in [-0.39, 0.29) is 29.8 Å². The minimum atomic E-state index is -4.46. The summed E-state index contributed by atoms with van der Waals surface area (Å²) in [6.45, 7) is 2.76. The van der Waals surface area contributed by atoms with Crippen molar-refractivity contribution in [3.8, 4) is 0 Å². The molecule has 0 bridgehead atoms. The smallest absolute Gasteiger partial charge is 0.337 e. The van der Waals surface area contributed by atoms with Crippen molar-refractivity contribution in [1.29, 1.82) is 0 Å². The lowest BCUT2D eigenvalue weighted by molar-refractivity contribution is 0.0948. The summed E-state index contributed by atoms with van der Waals surface area (Å²) < 4.78 is 46.7. The summed E-state index contributed by atoms with van der Waals surface area (Å²) in [4.78, 5) is 11.8. The van der Waals surface area contributed by atoms with Crippen LogP contribution >= 0.6 is 12.4 Å². The van der Waals surface area contributed by atoms with Gasteiger partial charge >= 0.3 is 5.76 Å². The van der Waals surface area contributed by atoms with Crippen LogP contribution in [0.1, 0.15) is 22.8 Å². The third kappa shape index (κ3) is 6.25. The highest BCUT2D eigenvalue weighted by molar-refractivity contribution is 7.90. The number of nitrogens with one attached hydrogen (secondary N) is 1. The van der Waals surface area contributed by atoms with Crippen LogP contribution < -0.4 is 11.1 Å². The van der Waals surface area contributed by atoms with Crippen LogP contribution in [0.3, 0.4) is 0 Å². The van der Waals surface area contributed by atoms with Gasteiger partial charge in [0.25, 0.3) is 5.91 Å². The lowest BCUT2D eigenvalue weighted by Crippen LogP contribution is -2.31. The van der Waals surface area contributed by atoms with Gasteiger partial charge in [0.2, 0.25) is 9.84 Å². The van der Waals surface area contributed by atoms with Gasteiger partial charge in [0, 0.05) is 12.1 Å². The van der Waals surface area contributed by atoms with E-state index < -0.39 is 21.3 Å². The first-order valence-corrected chi connectivity index (χ1v) is 8.04. The summed E-state index contributed by atoms with van der Waals surface area (Å²) in [6.07, 6.45) is 0. The zero-order chi connectivity index (χ0) is 16.0. The molecule has 0 fully saturated rings. The van der Waals surface area contributed by atoms with Crippen molar-refractivity contribution in [2.75, 3.05) is 13.1 Å². The summed E-state index contributed by atoms with van der Waals surface area (Å²) in [5, 5.41) is 2.68. The van der Waals surface area contributed by atoms with Crippen molar-refractivity contribution in [2.24, 2.45) is 11.7 Å². The van der Waals surface area contributed by atoms with E-state index in [0.717, 1.165) is 0 Å². The van der Waals surface area contributed by atoms with Crippen molar-refractivity contribution in [2.45, 2.75) is 18.4 Å². The van der Waals surface area contributed by atoms with Gasteiger partial charge in [0.15, 0.2) is 0 Å². The molecular formula is C13H19ClF2N2O3S. The maximum Gasteiger partial charge on any atom is 0.337 e. The minimum Gasteiger partial charge on any atom is -0.352 e. The van der Waals surface area contributed by atoms with Crippen LogP contribution in [0.25, 0.3) is 0 Å². The Bertz CT molecular complexity index is 579. The topological polar surface area (TPSA) is 89.3 Å². The summed E-state index contributed by atoms with van der Waals surface area (Å²) in [7, 11) is -4.46. The van der Waals surface area contributed by atoms with E-state index in [1.807, 2.05) is 6.92 Å². The molecule has 5 nitrogen and oxygen atoms in total. The summed E-state index contributed by atoms with van der Waals surface area (Å²) in [6, 6.07) is 5.50. The molecule has 3 N–H and O–H groups in total. The number of amides is 1. The van der Waals surface area contributed by atoms with E-state index >= 15 is 0 Å². The minimum absolute atomic E-state index is 0. The molecule has 0 aliphatic heterocycles. The molecule has 1 aromatic carbocycles. The largest absolute Gasteiger partial charge is 0.352 e. The van der Waals surface area contributed by atoms with E-state index in [1.165, 1.54) is 24.3 Å². The van der Waals surface area contributed by atoms with Crippen LogP contribution in [-0.2, 0) is 15.6 Å². The molecule has 0 radical (unpaired) electrons. The van der Waals surface area contributed by atoms with Gasteiger partial charge in [0.05, 0.1) is 5.75 Å². The highest BCUT2D eigenvalue weighted by Crippen LogP contribution is 2.14. The second-order valence-corrected chi connectivity index (χ2v) is 6.79. The summed E-state index contributed by atoms with van der Waals surface area (Å²) in [5.41, 5.74) is 5.97. The number of rotatable bonds is 7. The quantitative estimate of drug-likeness (QED) is 0.776. The molecule has 0 heterocycles. The molecule has 0 aromatic heterocycles. The van der Waals surface area contributed by atoms with Crippen LogP contribution in [0.15, 0.2) is 24.3 Å². The molecule has 126 valence electrons.